The van der Waals surface area contributed by atoms with Crippen LogP contribution in [0.5, 0.6) is 0 Å². The molecule has 13 amide bonds. The van der Waals surface area contributed by atoms with Gasteiger partial charge in [0.05, 0.1) is 25.2 Å². The van der Waals surface area contributed by atoms with Crippen LogP contribution in [-0.2, 0) is 68.7 Å². The number of likely N-dealkylation sites (tertiary alicyclic amines) is 2. The topological polar surface area (TPSA) is 421 Å². The fourth-order valence-corrected chi connectivity index (χ4v) is 11.6. The van der Waals surface area contributed by atoms with Gasteiger partial charge in [-0.1, -0.05) is 134 Å². The highest BCUT2D eigenvalue weighted by Gasteiger charge is 2.42. The molecule has 13 atom stereocenters. The second-order valence-corrected chi connectivity index (χ2v) is 28.4. The molecule has 1 aromatic carbocycles. The minimum Gasteiger partial charge on any atom is -0.391 e. The number of hydrogen-bond donors (Lipinski definition) is 13. The van der Waals surface area contributed by atoms with Crippen LogP contribution in [0.4, 0.5) is 0 Å². The van der Waals surface area contributed by atoms with Crippen molar-refractivity contribution in [2.45, 2.75) is 247 Å². The molecule has 1 aromatic rings. The van der Waals surface area contributed by atoms with E-state index in [4.69, 9.17) is 11.5 Å². The third kappa shape index (κ3) is 27.0. The maximum atomic E-state index is 14.5. The number of amides is 13. The number of nitrogens with one attached hydrogen (secondary N) is 10. The zero-order chi connectivity index (χ0) is 72.4. The lowest BCUT2D eigenvalue weighted by Crippen LogP contribution is -2.60. The Morgan fingerprint density at radius 2 is 0.865 bits per heavy atom. The van der Waals surface area contributed by atoms with Crippen LogP contribution < -0.4 is 64.6 Å². The lowest BCUT2D eigenvalue weighted by molar-refractivity contribution is -0.143. The molecule has 2 aliphatic heterocycles. The number of aliphatic hydroxyl groups is 1. The largest absolute Gasteiger partial charge is 0.391 e. The summed E-state index contributed by atoms with van der Waals surface area (Å²) in [6.45, 7) is 26.1. The third-order valence-corrected chi connectivity index (χ3v) is 17.1. The number of benzene rings is 1. The van der Waals surface area contributed by atoms with Crippen LogP contribution in [0.3, 0.4) is 0 Å². The molecular weight excluding hydrogens is 1240 g/mol. The van der Waals surface area contributed by atoms with Gasteiger partial charge in [0, 0.05) is 19.5 Å². The van der Waals surface area contributed by atoms with Gasteiger partial charge in [-0.15, -0.1) is 0 Å². The fraction of sp³-hybridized carbons (Fsp3) is 0.721. The molecule has 28 nitrogen and oxygen atoms in total. The second kappa shape index (κ2) is 40.1. The van der Waals surface area contributed by atoms with E-state index in [1.807, 2.05) is 83.1 Å². The van der Waals surface area contributed by atoms with Crippen LogP contribution in [0.15, 0.2) is 30.3 Å². The lowest BCUT2D eigenvalue weighted by atomic mass is 9.97. The Hall–Kier alpha value is -7.75. The number of primary amides is 1. The molecule has 2 saturated heterocycles. The summed E-state index contributed by atoms with van der Waals surface area (Å²) in [6.07, 6.45) is 1.43. The first-order valence-corrected chi connectivity index (χ1v) is 34.3. The monoisotopic (exact) mass is 1350 g/mol. The van der Waals surface area contributed by atoms with Gasteiger partial charge >= 0.3 is 0 Å². The van der Waals surface area contributed by atoms with Gasteiger partial charge in [0.15, 0.2) is 0 Å². The van der Waals surface area contributed by atoms with Crippen molar-refractivity contribution in [3.63, 3.8) is 0 Å². The Labute approximate surface area is 567 Å². The summed E-state index contributed by atoms with van der Waals surface area (Å²) < 4.78 is 0. The van der Waals surface area contributed by atoms with Crippen molar-refractivity contribution in [3.05, 3.63) is 35.9 Å². The highest BCUT2D eigenvalue weighted by atomic mass is 16.3. The maximum absolute atomic E-state index is 14.5. The zero-order valence-corrected chi connectivity index (χ0v) is 59.3. The van der Waals surface area contributed by atoms with Crippen LogP contribution in [0.1, 0.15) is 174 Å². The SMILES string of the molecule is CCC(C)C(N)C(=O)NC(C(=O)N1CCCC1C(=O)NC(Cc1ccccc1)C(=O)NC(CC(C)C)C(=O)NCC(=O)N1CCCC1C(=O)NC(CC(C)C)C(=O)NC(CC(C)C)C(=O)NCC(=O)NC(CC(C)C)C(=O)NC(CC(C)C)C(=O)NC(C(N)=O)C(C)O)C(C)C. The van der Waals surface area contributed by atoms with E-state index in [9.17, 15) is 67.4 Å². The van der Waals surface area contributed by atoms with E-state index >= 15 is 0 Å². The average molecular weight is 1350 g/mol. The predicted octanol–water partition coefficient (Wildman–Crippen LogP) is 0.448. The molecule has 28 heteroatoms. The Morgan fingerprint density at radius 3 is 1.30 bits per heavy atom. The third-order valence-electron chi connectivity index (χ3n) is 17.1. The lowest BCUT2D eigenvalue weighted by Gasteiger charge is -2.32. The molecule has 0 aromatic heterocycles. The Morgan fingerprint density at radius 1 is 0.479 bits per heavy atom. The number of carbonyl (C=O) groups excluding carboxylic acids is 13. The van der Waals surface area contributed by atoms with Crippen molar-refractivity contribution >= 4 is 76.8 Å². The summed E-state index contributed by atoms with van der Waals surface area (Å²) >= 11 is 0. The molecule has 0 spiro atoms. The van der Waals surface area contributed by atoms with E-state index in [1.54, 1.807) is 44.2 Å². The molecule has 13 unspecified atom stereocenters. The molecule has 0 saturated carbocycles. The van der Waals surface area contributed by atoms with Crippen molar-refractivity contribution in [1.29, 1.82) is 0 Å². The zero-order valence-electron chi connectivity index (χ0n) is 59.3. The summed E-state index contributed by atoms with van der Waals surface area (Å²) in [7, 11) is 0. The van der Waals surface area contributed by atoms with Gasteiger partial charge in [-0.25, -0.2) is 0 Å². The van der Waals surface area contributed by atoms with Crippen molar-refractivity contribution < 1.29 is 67.4 Å². The first kappa shape index (κ1) is 82.5. The Kier molecular flexibility index (Phi) is 34.4. The summed E-state index contributed by atoms with van der Waals surface area (Å²) in [5, 5.41) is 36.9. The van der Waals surface area contributed by atoms with E-state index in [-0.39, 0.29) is 99.5 Å². The second-order valence-electron chi connectivity index (χ2n) is 28.4. The van der Waals surface area contributed by atoms with Crippen molar-refractivity contribution in [1.82, 2.24) is 63.0 Å². The first-order chi connectivity index (χ1) is 44.9. The van der Waals surface area contributed by atoms with Gasteiger partial charge < -0.3 is 79.5 Å². The molecule has 2 heterocycles. The van der Waals surface area contributed by atoms with Gasteiger partial charge in [0.2, 0.25) is 76.8 Å². The first-order valence-electron chi connectivity index (χ1n) is 34.3. The molecule has 2 aliphatic rings. The number of rotatable bonds is 39. The van der Waals surface area contributed by atoms with Crippen LogP contribution in [0, 0.1) is 41.4 Å². The van der Waals surface area contributed by atoms with E-state index in [0.29, 0.717) is 31.2 Å². The van der Waals surface area contributed by atoms with E-state index in [2.05, 4.69) is 53.2 Å². The van der Waals surface area contributed by atoms with Gasteiger partial charge in [-0.2, -0.15) is 0 Å². The molecule has 0 bridgehead atoms. The van der Waals surface area contributed by atoms with Crippen molar-refractivity contribution in [2.24, 2.45) is 52.9 Å². The molecule has 0 radical (unpaired) electrons. The van der Waals surface area contributed by atoms with E-state index < -0.39 is 162 Å². The minimum absolute atomic E-state index is 0.0192. The Balaban J connectivity index is 1.74. The number of nitrogens with two attached hydrogens (primary N) is 2. The van der Waals surface area contributed by atoms with Crippen LogP contribution in [-0.4, -0.2) is 190 Å². The highest BCUT2D eigenvalue weighted by molar-refractivity contribution is 5.99. The molecule has 2 fully saturated rings. The van der Waals surface area contributed by atoms with Crippen molar-refractivity contribution in [2.75, 3.05) is 26.2 Å². The van der Waals surface area contributed by atoms with E-state index in [1.165, 1.54) is 16.7 Å². The van der Waals surface area contributed by atoms with Crippen LogP contribution in [0.2, 0.25) is 0 Å². The molecular formula is C68H114N14O14. The minimum atomic E-state index is -1.43. The predicted molar refractivity (Wildman–Crippen MR) is 361 cm³/mol. The van der Waals surface area contributed by atoms with Gasteiger partial charge in [-0.05, 0) is 112 Å². The van der Waals surface area contributed by atoms with Crippen LogP contribution >= 0.6 is 0 Å². The number of nitrogens with zero attached hydrogens (tertiary/aromatic N) is 2. The summed E-state index contributed by atoms with van der Waals surface area (Å²) in [5.41, 5.74) is 12.3. The molecule has 96 heavy (non-hydrogen) atoms. The normalized spacial score (nSPS) is 18.2. The average Bonchev–Trinajstić information content (AvgIpc) is 1.62. The standard InChI is InChI=1S/C68H114N14O14/c1-16-42(14)55(69)67(95)79-56(41(12)13)68(96)82-27-21-25-52(82)66(94)78-50(33-44-22-18-17-19-23-44)63(91)75-46(29-37(4)5)60(88)72-35-54(85)81-26-20-24-51(81)65(93)77-48(31-39(8)9)62(90)74-45(28-36(2)3)59(87)71-34-53(84)73-47(30-38(6)7)61(89)76-49(32-40(10)11)64(92)80-57(43(15)83)58(70)86/h17-19,22-23,36-43,45-52,55-57,83H,16,20-21,24-35,69H2,1-15H3,(H2,70,86)(H,71,87)(H,72,88)(H,73,84)(H,74,90)(H,75,91)(H,76,89)(H,77,93)(H,78,94)(H,79,95)(H,80,92). The van der Waals surface area contributed by atoms with Crippen LogP contribution in [0.25, 0.3) is 0 Å². The smallest absolute Gasteiger partial charge is 0.246 e. The number of hydrogen-bond acceptors (Lipinski definition) is 15. The maximum Gasteiger partial charge on any atom is 0.246 e. The summed E-state index contributed by atoms with van der Waals surface area (Å²) in [4.78, 5) is 182. The van der Waals surface area contributed by atoms with Gasteiger partial charge in [-0.3, -0.25) is 62.3 Å². The molecule has 3 rings (SSSR count). The number of aliphatic hydroxyl groups excluding tert-OH is 1. The summed E-state index contributed by atoms with van der Waals surface area (Å²) in [5.74, 6) is -9.97. The highest BCUT2D eigenvalue weighted by Crippen LogP contribution is 2.23. The van der Waals surface area contributed by atoms with Gasteiger partial charge in [0.1, 0.15) is 60.4 Å². The molecule has 540 valence electrons. The molecule has 15 N–H and O–H groups in total. The summed E-state index contributed by atoms with van der Waals surface area (Å²) in [6, 6.07) is -3.44. The van der Waals surface area contributed by atoms with E-state index in [0.717, 1.165) is 0 Å². The Bertz CT molecular complexity index is 2800. The van der Waals surface area contributed by atoms with Crippen molar-refractivity contribution in [3.8, 4) is 0 Å². The quantitative estimate of drug-likeness (QED) is 0.0426. The molecule has 0 aliphatic carbocycles. The number of carbonyl (C=O) groups is 13. The fourth-order valence-electron chi connectivity index (χ4n) is 11.6. The van der Waals surface area contributed by atoms with Gasteiger partial charge in [0.25, 0.3) is 0 Å².